The molecule has 0 unspecified atom stereocenters. The number of aromatic nitrogens is 2. The van der Waals surface area contributed by atoms with E-state index in [4.69, 9.17) is 9.57 Å². The first-order valence-corrected chi connectivity index (χ1v) is 10.6. The minimum absolute atomic E-state index is 0.0524. The van der Waals surface area contributed by atoms with E-state index in [2.05, 4.69) is 21.2 Å². The zero-order valence-corrected chi connectivity index (χ0v) is 18.2. The number of H-pyrrole nitrogens is 1. The van der Waals surface area contributed by atoms with Crippen molar-refractivity contribution in [2.75, 3.05) is 13.1 Å². The van der Waals surface area contributed by atoms with E-state index in [0.717, 1.165) is 27.9 Å². The Hall–Kier alpha value is -3.35. The lowest BCUT2D eigenvalue weighted by molar-refractivity contribution is -0.00977. The molecule has 7 nitrogen and oxygen atoms in total. The van der Waals surface area contributed by atoms with E-state index in [1.807, 2.05) is 57.2 Å². The Labute approximate surface area is 182 Å². The fourth-order valence-electron chi connectivity index (χ4n) is 3.55. The van der Waals surface area contributed by atoms with Crippen molar-refractivity contribution >= 4 is 22.7 Å². The Morgan fingerprint density at radius 3 is 2.58 bits per heavy atom. The van der Waals surface area contributed by atoms with Crippen LogP contribution in [0.15, 0.2) is 60.0 Å². The maximum Gasteiger partial charge on any atom is 0.410 e. The van der Waals surface area contributed by atoms with Crippen molar-refractivity contribution in [3.05, 3.63) is 66.1 Å². The summed E-state index contributed by atoms with van der Waals surface area (Å²) in [5, 5.41) is 5.61. The number of ether oxygens (including phenoxy) is 1. The highest BCUT2D eigenvalue weighted by molar-refractivity contribution is 6.13. The first kappa shape index (κ1) is 20.9. The van der Waals surface area contributed by atoms with E-state index in [0.29, 0.717) is 25.9 Å². The van der Waals surface area contributed by atoms with Gasteiger partial charge in [0.15, 0.2) is 0 Å². The van der Waals surface area contributed by atoms with Crippen molar-refractivity contribution in [2.45, 2.75) is 45.3 Å². The van der Waals surface area contributed by atoms with Gasteiger partial charge in [-0.25, -0.2) is 4.79 Å². The molecule has 162 valence electrons. The van der Waals surface area contributed by atoms with E-state index in [-0.39, 0.29) is 12.2 Å². The van der Waals surface area contributed by atoms with Crippen LogP contribution in [0.25, 0.3) is 10.9 Å². The van der Waals surface area contributed by atoms with Crippen LogP contribution in [-0.4, -0.2) is 51.5 Å². The second kappa shape index (κ2) is 8.79. The molecule has 4 rings (SSSR count). The van der Waals surface area contributed by atoms with Gasteiger partial charge in [0.2, 0.25) is 0 Å². The fraction of sp³-hybridized carbons (Fsp3) is 0.375. The van der Waals surface area contributed by atoms with Gasteiger partial charge in [0.25, 0.3) is 0 Å². The van der Waals surface area contributed by atoms with Gasteiger partial charge in [-0.1, -0.05) is 35.5 Å². The number of amides is 1. The lowest BCUT2D eigenvalue weighted by Gasteiger charge is -2.32. The summed E-state index contributed by atoms with van der Waals surface area (Å²) in [7, 11) is 0. The van der Waals surface area contributed by atoms with Gasteiger partial charge >= 0.3 is 6.09 Å². The van der Waals surface area contributed by atoms with Gasteiger partial charge in [-0.2, -0.15) is 0 Å². The highest BCUT2D eigenvalue weighted by Crippen LogP contribution is 2.21. The second-order valence-electron chi connectivity index (χ2n) is 8.72. The van der Waals surface area contributed by atoms with Crippen LogP contribution in [0.4, 0.5) is 4.79 Å². The summed E-state index contributed by atoms with van der Waals surface area (Å²) in [5.74, 6) is 0. The fourth-order valence-corrected chi connectivity index (χ4v) is 3.55. The molecule has 0 spiro atoms. The second-order valence-corrected chi connectivity index (χ2v) is 8.72. The molecule has 1 aromatic carbocycles. The summed E-state index contributed by atoms with van der Waals surface area (Å²) in [6.45, 7) is 6.81. The molecule has 3 aromatic rings. The predicted octanol–water partition coefficient (Wildman–Crippen LogP) is 4.73. The van der Waals surface area contributed by atoms with Crippen LogP contribution in [0.3, 0.4) is 0 Å². The van der Waals surface area contributed by atoms with Crippen molar-refractivity contribution in [3.63, 3.8) is 0 Å². The molecule has 7 heteroatoms. The zero-order valence-electron chi connectivity index (χ0n) is 18.2. The third-order valence-electron chi connectivity index (χ3n) is 5.11. The number of carbonyl (C=O) groups is 1. The topological polar surface area (TPSA) is 79.8 Å². The maximum atomic E-state index is 12.3. The quantitative estimate of drug-likeness (QED) is 0.489. The minimum Gasteiger partial charge on any atom is -0.444 e. The SMILES string of the molecule is CC(C)(C)OC(=O)N1CCC(ON=C(c2ccccc2)c2cc3ccncc3[nH]2)CC1. The average molecular weight is 421 g/mol. The number of carbonyl (C=O) groups excluding carboxylic acids is 1. The van der Waals surface area contributed by atoms with Gasteiger partial charge < -0.3 is 19.5 Å². The molecule has 3 heterocycles. The summed E-state index contributed by atoms with van der Waals surface area (Å²) in [5.41, 5.74) is 3.04. The van der Waals surface area contributed by atoms with Gasteiger partial charge in [-0.15, -0.1) is 0 Å². The number of oxime groups is 1. The average Bonchev–Trinajstić information content (AvgIpc) is 3.18. The van der Waals surface area contributed by atoms with Crippen molar-refractivity contribution in [2.24, 2.45) is 5.16 Å². The smallest absolute Gasteiger partial charge is 0.410 e. The Kier molecular flexibility index (Phi) is 5.93. The third kappa shape index (κ3) is 5.23. The van der Waals surface area contributed by atoms with Crippen LogP contribution in [0.1, 0.15) is 44.9 Å². The van der Waals surface area contributed by atoms with Crippen LogP contribution in [0.5, 0.6) is 0 Å². The first-order chi connectivity index (χ1) is 14.9. The number of rotatable bonds is 4. The van der Waals surface area contributed by atoms with Crippen LogP contribution in [0.2, 0.25) is 0 Å². The number of benzene rings is 1. The molecular weight excluding hydrogens is 392 g/mol. The van der Waals surface area contributed by atoms with E-state index >= 15 is 0 Å². The Balaban J connectivity index is 1.47. The van der Waals surface area contributed by atoms with Gasteiger partial charge in [-0.05, 0) is 32.9 Å². The number of aromatic amines is 1. The molecule has 1 aliphatic heterocycles. The molecule has 0 saturated carbocycles. The normalized spacial score (nSPS) is 15.8. The predicted molar refractivity (Wildman–Crippen MR) is 120 cm³/mol. The molecule has 0 aliphatic carbocycles. The monoisotopic (exact) mass is 420 g/mol. The Morgan fingerprint density at radius 1 is 1.16 bits per heavy atom. The number of nitrogens with one attached hydrogen (secondary N) is 1. The highest BCUT2D eigenvalue weighted by atomic mass is 16.6. The number of hydrogen-bond acceptors (Lipinski definition) is 5. The van der Waals surface area contributed by atoms with Crippen LogP contribution >= 0.6 is 0 Å². The number of piperidine rings is 1. The standard InChI is InChI=1S/C24H28N4O3/c1-24(2,3)30-23(29)28-13-10-19(11-14-28)31-27-22(17-7-5-4-6-8-17)20-15-18-9-12-25-16-21(18)26-20/h4-9,12,15-16,19,26H,10-11,13-14H2,1-3H3. The van der Waals surface area contributed by atoms with E-state index < -0.39 is 5.60 Å². The lowest BCUT2D eigenvalue weighted by Crippen LogP contribution is -2.43. The van der Waals surface area contributed by atoms with Crippen molar-refractivity contribution in [3.8, 4) is 0 Å². The van der Waals surface area contributed by atoms with Crippen LogP contribution in [-0.2, 0) is 9.57 Å². The van der Waals surface area contributed by atoms with E-state index in [1.165, 1.54) is 0 Å². The van der Waals surface area contributed by atoms with Crippen molar-refractivity contribution < 1.29 is 14.4 Å². The van der Waals surface area contributed by atoms with Crippen molar-refractivity contribution in [1.82, 2.24) is 14.9 Å². The Bertz CT molecular complexity index is 1030. The van der Waals surface area contributed by atoms with Gasteiger partial charge in [0.05, 0.1) is 17.4 Å². The summed E-state index contributed by atoms with van der Waals surface area (Å²) >= 11 is 0. The summed E-state index contributed by atoms with van der Waals surface area (Å²) < 4.78 is 5.46. The summed E-state index contributed by atoms with van der Waals surface area (Å²) in [6.07, 6.45) is 4.67. The Morgan fingerprint density at radius 2 is 1.90 bits per heavy atom. The molecule has 0 radical (unpaired) electrons. The first-order valence-electron chi connectivity index (χ1n) is 10.6. The molecule has 31 heavy (non-hydrogen) atoms. The summed E-state index contributed by atoms with van der Waals surface area (Å²) in [6, 6.07) is 14.0. The minimum atomic E-state index is -0.492. The number of hydrogen-bond donors (Lipinski definition) is 1. The maximum absolute atomic E-state index is 12.3. The summed E-state index contributed by atoms with van der Waals surface area (Å²) in [4.78, 5) is 27.5. The lowest BCUT2D eigenvalue weighted by atomic mass is 10.1. The number of fused-ring (bicyclic) bond motifs is 1. The van der Waals surface area contributed by atoms with Crippen LogP contribution < -0.4 is 0 Å². The molecular formula is C24H28N4O3. The number of nitrogens with zero attached hydrogens (tertiary/aromatic N) is 3. The van der Waals surface area contributed by atoms with Gasteiger partial charge in [-0.3, -0.25) is 4.98 Å². The molecule has 1 saturated heterocycles. The number of likely N-dealkylation sites (tertiary alicyclic amines) is 1. The van der Waals surface area contributed by atoms with Gasteiger partial charge in [0.1, 0.15) is 17.4 Å². The van der Waals surface area contributed by atoms with Crippen LogP contribution in [0, 0.1) is 0 Å². The van der Waals surface area contributed by atoms with Gasteiger partial charge in [0, 0.05) is 43.1 Å². The molecule has 2 aromatic heterocycles. The van der Waals surface area contributed by atoms with E-state index in [9.17, 15) is 4.79 Å². The molecule has 1 aliphatic rings. The van der Waals surface area contributed by atoms with Crippen molar-refractivity contribution in [1.29, 1.82) is 0 Å². The number of pyridine rings is 1. The molecule has 1 amide bonds. The molecule has 0 atom stereocenters. The molecule has 1 N–H and O–H groups in total. The molecule has 0 bridgehead atoms. The van der Waals surface area contributed by atoms with E-state index in [1.54, 1.807) is 17.3 Å². The third-order valence-corrected chi connectivity index (χ3v) is 5.11. The molecule has 1 fully saturated rings. The largest absolute Gasteiger partial charge is 0.444 e. The zero-order chi connectivity index (χ0) is 21.8. The highest BCUT2D eigenvalue weighted by Gasteiger charge is 2.28.